The highest BCUT2D eigenvalue weighted by atomic mass is 35.5. The highest BCUT2D eigenvalue weighted by molar-refractivity contribution is 8.18. The topological polar surface area (TPSA) is 84.9 Å². The Balaban J connectivity index is 1.67. The summed E-state index contributed by atoms with van der Waals surface area (Å²) >= 11 is 6.82. The highest BCUT2D eigenvalue weighted by Crippen LogP contribution is 2.32. The number of rotatable bonds is 6. The Morgan fingerprint density at radius 2 is 1.86 bits per heavy atom. The molecule has 29 heavy (non-hydrogen) atoms. The van der Waals surface area contributed by atoms with Crippen LogP contribution in [0.15, 0.2) is 47.4 Å². The van der Waals surface area contributed by atoms with E-state index in [1.807, 2.05) is 0 Å². The number of hydrogen-bond acceptors (Lipinski definition) is 6. The standard InChI is InChI=1S/C20H17ClN2O5S/c1-27-14-6-3-12(4-7-14)9-17-19(25)23(20(26)29-17)11-18(24)22-13-5-8-16(28-2)15(21)10-13/h3-10H,11H2,1-2H3,(H,22,24)/b17-9+. The van der Waals surface area contributed by atoms with E-state index in [2.05, 4.69) is 5.32 Å². The number of carbonyl (C=O) groups is 3. The van der Waals surface area contributed by atoms with Crippen molar-refractivity contribution in [2.45, 2.75) is 0 Å². The smallest absolute Gasteiger partial charge is 0.294 e. The number of imide groups is 1. The van der Waals surface area contributed by atoms with Crippen LogP contribution in [0.5, 0.6) is 11.5 Å². The lowest BCUT2D eigenvalue weighted by Gasteiger charge is -2.13. The molecule has 2 aromatic carbocycles. The molecule has 0 aliphatic carbocycles. The van der Waals surface area contributed by atoms with Crippen LogP contribution < -0.4 is 14.8 Å². The largest absolute Gasteiger partial charge is 0.497 e. The maximum Gasteiger partial charge on any atom is 0.294 e. The molecule has 1 aliphatic heterocycles. The molecule has 0 bridgehead atoms. The van der Waals surface area contributed by atoms with Crippen LogP contribution in [0.25, 0.3) is 6.08 Å². The molecule has 9 heteroatoms. The number of anilines is 1. The zero-order chi connectivity index (χ0) is 21.0. The van der Waals surface area contributed by atoms with Crippen molar-refractivity contribution in [1.82, 2.24) is 4.90 Å². The van der Waals surface area contributed by atoms with Gasteiger partial charge in [-0.25, -0.2) is 0 Å². The minimum absolute atomic E-state index is 0.250. The minimum atomic E-state index is -0.515. The van der Waals surface area contributed by atoms with Gasteiger partial charge in [-0.3, -0.25) is 19.3 Å². The molecule has 0 aromatic heterocycles. The Bertz CT molecular complexity index is 991. The first-order valence-electron chi connectivity index (χ1n) is 8.44. The van der Waals surface area contributed by atoms with Gasteiger partial charge in [0, 0.05) is 5.69 Å². The van der Waals surface area contributed by atoms with Crippen molar-refractivity contribution in [2.24, 2.45) is 0 Å². The molecule has 1 fully saturated rings. The maximum absolute atomic E-state index is 12.5. The number of nitrogens with one attached hydrogen (secondary N) is 1. The van der Waals surface area contributed by atoms with Crippen LogP contribution in [0.4, 0.5) is 10.5 Å². The van der Waals surface area contributed by atoms with Gasteiger partial charge in [-0.2, -0.15) is 0 Å². The molecule has 0 saturated carbocycles. The highest BCUT2D eigenvalue weighted by Gasteiger charge is 2.36. The second kappa shape index (κ2) is 9.02. The van der Waals surface area contributed by atoms with Gasteiger partial charge >= 0.3 is 0 Å². The molecule has 1 aliphatic rings. The molecule has 150 valence electrons. The van der Waals surface area contributed by atoms with E-state index in [-0.39, 0.29) is 4.91 Å². The summed E-state index contributed by atoms with van der Waals surface area (Å²) in [4.78, 5) is 38.2. The Kier molecular flexibility index (Phi) is 6.46. The van der Waals surface area contributed by atoms with E-state index in [0.29, 0.717) is 22.2 Å². The van der Waals surface area contributed by atoms with Crippen LogP contribution in [0.1, 0.15) is 5.56 Å². The van der Waals surface area contributed by atoms with Gasteiger partial charge in [-0.1, -0.05) is 23.7 Å². The Labute approximate surface area is 176 Å². The molecule has 1 N–H and O–H groups in total. The van der Waals surface area contributed by atoms with Crippen LogP contribution in [0, 0.1) is 0 Å². The lowest BCUT2D eigenvalue weighted by molar-refractivity contribution is -0.127. The lowest BCUT2D eigenvalue weighted by Crippen LogP contribution is -2.36. The monoisotopic (exact) mass is 432 g/mol. The van der Waals surface area contributed by atoms with E-state index in [1.165, 1.54) is 13.2 Å². The first kappa shape index (κ1) is 20.8. The Morgan fingerprint density at radius 3 is 2.48 bits per heavy atom. The predicted octanol–water partition coefficient (Wildman–Crippen LogP) is 4.03. The van der Waals surface area contributed by atoms with E-state index in [1.54, 1.807) is 49.6 Å². The third kappa shape index (κ3) is 4.90. The zero-order valence-electron chi connectivity index (χ0n) is 15.6. The number of benzene rings is 2. The SMILES string of the molecule is COc1ccc(/C=C2/SC(=O)N(CC(=O)Nc3ccc(OC)c(Cl)c3)C2=O)cc1. The summed E-state index contributed by atoms with van der Waals surface area (Å²) in [5.41, 5.74) is 1.18. The van der Waals surface area contributed by atoms with Gasteiger partial charge in [0.25, 0.3) is 11.1 Å². The van der Waals surface area contributed by atoms with Gasteiger partial charge in [-0.05, 0) is 53.7 Å². The number of ether oxygens (including phenoxy) is 2. The van der Waals surface area contributed by atoms with E-state index >= 15 is 0 Å². The van der Waals surface area contributed by atoms with Crippen molar-refractivity contribution >= 4 is 52.2 Å². The molecule has 0 radical (unpaired) electrons. The molecule has 7 nitrogen and oxygen atoms in total. The molecule has 0 spiro atoms. The summed E-state index contributed by atoms with van der Waals surface area (Å²) in [7, 11) is 3.05. The second-order valence-electron chi connectivity index (χ2n) is 5.94. The number of hydrogen-bond donors (Lipinski definition) is 1. The fourth-order valence-corrected chi connectivity index (χ4v) is 3.67. The molecule has 0 atom stereocenters. The first-order valence-corrected chi connectivity index (χ1v) is 9.63. The number of amides is 3. The normalized spacial score (nSPS) is 15.0. The van der Waals surface area contributed by atoms with Gasteiger partial charge in [-0.15, -0.1) is 0 Å². The average Bonchev–Trinajstić information content (AvgIpc) is 2.96. The molecule has 0 unspecified atom stereocenters. The molecular formula is C20H17ClN2O5S. The molecule has 2 aromatic rings. The van der Waals surface area contributed by atoms with Gasteiger partial charge < -0.3 is 14.8 Å². The summed E-state index contributed by atoms with van der Waals surface area (Å²) in [5, 5.41) is 2.44. The van der Waals surface area contributed by atoms with Crippen molar-refractivity contribution in [2.75, 3.05) is 26.1 Å². The van der Waals surface area contributed by atoms with E-state index in [9.17, 15) is 14.4 Å². The van der Waals surface area contributed by atoms with Gasteiger partial charge in [0.2, 0.25) is 5.91 Å². The fraction of sp³-hybridized carbons (Fsp3) is 0.150. The number of halogens is 1. The van der Waals surface area contributed by atoms with Gasteiger partial charge in [0.1, 0.15) is 18.0 Å². The van der Waals surface area contributed by atoms with Crippen molar-refractivity contribution in [3.63, 3.8) is 0 Å². The number of carbonyl (C=O) groups excluding carboxylic acids is 3. The van der Waals surface area contributed by atoms with Crippen molar-refractivity contribution in [3.8, 4) is 11.5 Å². The average molecular weight is 433 g/mol. The Morgan fingerprint density at radius 1 is 1.14 bits per heavy atom. The van der Waals surface area contributed by atoms with Gasteiger partial charge in [0.05, 0.1) is 24.1 Å². The molecule has 3 amide bonds. The van der Waals surface area contributed by atoms with E-state index in [4.69, 9.17) is 21.1 Å². The zero-order valence-corrected chi connectivity index (χ0v) is 17.2. The molecular weight excluding hydrogens is 416 g/mol. The van der Waals surface area contributed by atoms with E-state index < -0.39 is 23.6 Å². The molecule has 3 rings (SSSR count). The Hall–Kier alpha value is -2.97. The first-order chi connectivity index (χ1) is 13.9. The van der Waals surface area contributed by atoms with Crippen LogP contribution in [-0.4, -0.2) is 42.7 Å². The van der Waals surface area contributed by atoms with Crippen LogP contribution in [-0.2, 0) is 9.59 Å². The lowest BCUT2D eigenvalue weighted by atomic mass is 10.2. The minimum Gasteiger partial charge on any atom is -0.497 e. The van der Waals surface area contributed by atoms with Crippen molar-refractivity contribution < 1.29 is 23.9 Å². The van der Waals surface area contributed by atoms with Crippen LogP contribution in [0.2, 0.25) is 5.02 Å². The number of thioether (sulfide) groups is 1. The summed E-state index contributed by atoms with van der Waals surface area (Å²) in [6.07, 6.45) is 1.60. The molecule has 1 saturated heterocycles. The third-order valence-electron chi connectivity index (χ3n) is 4.02. The third-order valence-corrected chi connectivity index (χ3v) is 5.23. The van der Waals surface area contributed by atoms with Crippen molar-refractivity contribution in [3.05, 3.63) is 58.0 Å². The second-order valence-corrected chi connectivity index (χ2v) is 7.34. The summed E-state index contributed by atoms with van der Waals surface area (Å²) < 4.78 is 10.1. The van der Waals surface area contributed by atoms with Gasteiger partial charge in [0.15, 0.2) is 0 Å². The number of nitrogens with zero attached hydrogens (tertiary/aromatic N) is 1. The number of methoxy groups -OCH3 is 2. The molecule has 1 heterocycles. The summed E-state index contributed by atoms with van der Waals surface area (Å²) in [6, 6.07) is 11.8. The van der Waals surface area contributed by atoms with Crippen LogP contribution in [0.3, 0.4) is 0 Å². The fourth-order valence-electron chi connectivity index (χ4n) is 2.58. The summed E-state index contributed by atoms with van der Waals surface area (Å²) in [5.74, 6) is 0.128. The predicted molar refractivity (Wildman–Crippen MR) is 112 cm³/mol. The van der Waals surface area contributed by atoms with Crippen molar-refractivity contribution in [1.29, 1.82) is 0 Å². The van der Waals surface area contributed by atoms with E-state index in [0.717, 1.165) is 22.2 Å². The quantitative estimate of drug-likeness (QED) is 0.693. The maximum atomic E-state index is 12.5. The van der Waals surface area contributed by atoms with Crippen LogP contribution >= 0.6 is 23.4 Å². The summed E-state index contributed by atoms with van der Waals surface area (Å²) in [6.45, 7) is -0.395.